The minimum Gasteiger partial charge on any atom is -0.506 e. The molecule has 1 amide bonds. The van der Waals surface area contributed by atoms with Crippen LogP contribution >= 0.6 is 0 Å². The van der Waals surface area contributed by atoms with Crippen LogP contribution in [0.1, 0.15) is 10.4 Å². The maximum atomic E-state index is 12.0. The minimum atomic E-state index is -0.0341. The number of hydrogen-bond donors (Lipinski definition) is 3. The molecule has 5 nitrogen and oxygen atoms in total. The number of phenols is 1. The summed E-state index contributed by atoms with van der Waals surface area (Å²) in [6.45, 7) is 3.05. The second kappa shape index (κ2) is 4.40. The van der Waals surface area contributed by atoms with Crippen molar-refractivity contribution in [2.24, 2.45) is 0 Å². The van der Waals surface area contributed by atoms with Gasteiger partial charge in [-0.15, -0.1) is 0 Å². The first kappa shape index (κ1) is 10.8. The Morgan fingerprint density at radius 2 is 2.06 bits per heavy atom. The van der Waals surface area contributed by atoms with Crippen molar-refractivity contribution in [1.29, 1.82) is 0 Å². The number of anilines is 1. The van der Waals surface area contributed by atoms with Gasteiger partial charge in [-0.25, -0.2) is 0 Å². The molecule has 1 fully saturated rings. The molecule has 16 heavy (non-hydrogen) atoms. The standard InChI is InChI=1S/C11H15N3O2/c12-9-7-8(1-2-10(9)15)11(16)14-5-3-13-4-6-14/h1-2,7,13,15H,3-6,12H2. The second-order valence-electron chi connectivity index (χ2n) is 3.82. The van der Waals surface area contributed by atoms with Crippen molar-refractivity contribution < 1.29 is 9.90 Å². The van der Waals surface area contributed by atoms with Crippen molar-refractivity contribution in [3.8, 4) is 5.75 Å². The summed E-state index contributed by atoms with van der Waals surface area (Å²) in [4.78, 5) is 13.8. The molecule has 1 aromatic carbocycles. The predicted octanol–water partition coefficient (Wildman–Crippen LogP) is 0.0198. The number of nitrogens with two attached hydrogens (primary N) is 1. The first-order valence-electron chi connectivity index (χ1n) is 5.27. The zero-order valence-electron chi connectivity index (χ0n) is 8.94. The molecular formula is C11H15N3O2. The van der Waals surface area contributed by atoms with Crippen LogP contribution in [0.4, 0.5) is 5.69 Å². The van der Waals surface area contributed by atoms with Crippen LogP contribution in [0.2, 0.25) is 0 Å². The monoisotopic (exact) mass is 221 g/mol. The van der Waals surface area contributed by atoms with Gasteiger partial charge in [0, 0.05) is 31.7 Å². The lowest BCUT2D eigenvalue weighted by Gasteiger charge is -2.27. The van der Waals surface area contributed by atoms with Crippen molar-refractivity contribution in [2.45, 2.75) is 0 Å². The summed E-state index contributed by atoms with van der Waals surface area (Å²) in [6, 6.07) is 4.56. The van der Waals surface area contributed by atoms with E-state index in [2.05, 4.69) is 5.32 Å². The molecule has 0 spiro atoms. The van der Waals surface area contributed by atoms with Gasteiger partial charge in [-0.05, 0) is 18.2 Å². The van der Waals surface area contributed by atoms with Crippen LogP contribution in [0.15, 0.2) is 18.2 Å². The molecule has 1 saturated heterocycles. The van der Waals surface area contributed by atoms with E-state index >= 15 is 0 Å². The van der Waals surface area contributed by atoms with Gasteiger partial charge in [0.1, 0.15) is 5.75 Å². The SMILES string of the molecule is Nc1cc(C(=O)N2CCNCC2)ccc1O. The van der Waals surface area contributed by atoms with E-state index in [1.165, 1.54) is 12.1 Å². The van der Waals surface area contributed by atoms with E-state index in [-0.39, 0.29) is 17.3 Å². The molecule has 5 heteroatoms. The molecule has 1 heterocycles. The number of piperazine rings is 1. The third kappa shape index (κ3) is 2.09. The van der Waals surface area contributed by atoms with Crippen molar-refractivity contribution in [3.63, 3.8) is 0 Å². The number of nitrogen functional groups attached to an aromatic ring is 1. The highest BCUT2D eigenvalue weighted by Crippen LogP contribution is 2.21. The Morgan fingerprint density at radius 1 is 1.38 bits per heavy atom. The van der Waals surface area contributed by atoms with Crippen LogP contribution < -0.4 is 11.1 Å². The summed E-state index contributed by atoms with van der Waals surface area (Å²) in [5.74, 6) is -0.0231. The van der Waals surface area contributed by atoms with Gasteiger partial charge in [0.2, 0.25) is 0 Å². The van der Waals surface area contributed by atoms with Crippen molar-refractivity contribution in [2.75, 3.05) is 31.9 Å². The first-order chi connectivity index (χ1) is 7.68. The van der Waals surface area contributed by atoms with Crippen LogP contribution in [0.5, 0.6) is 5.75 Å². The molecule has 0 unspecified atom stereocenters. The van der Waals surface area contributed by atoms with E-state index < -0.39 is 0 Å². The molecule has 2 rings (SSSR count). The summed E-state index contributed by atoms with van der Waals surface area (Å²) in [5, 5.41) is 12.5. The van der Waals surface area contributed by atoms with Gasteiger partial charge < -0.3 is 21.1 Å². The Hall–Kier alpha value is -1.75. The molecule has 0 bridgehead atoms. The molecule has 0 atom stereocenters. The fraction of sp³-hybridized carbons (Fsp3) is 0.364. The quantitative estimate of drug-likeness (QED) is 0.461. The van der Waals surface area contributed by atoms with Crippen molar-refractivity contribution >= 4 is 11.6 Å². The Balaban J connectivity index is 2.16. The largest absolute Gasteiger partial charge is 0.506 e. The Kier molecular flexibility index (Phi) is 2.96. The third-order valence-electron chi connectivity index (χ3n) is 2.68. The van der Waals surface area contributed by atoms with Gasteiger partial charge in [-0.2, -0.15) is 0 Å². The number of carbonyl (C=O) groups is 1. The molecule has 0 aliphatic carbocycles. The zero-order chi connectivity index (χ0) is 11.5. The van der Waals surface area contributed by atoms with Gasteiger partial charge in [0.15, 0.2) is 0 Å². The number of phenolic OH excluding ortho intramolecular Hbond substituents is 1. The summed E-state index contributed by atoms with van der Waals surface area (Å²) in [5.41, 5.74) is 6.32. The second-order valence-corrected chi connectivity index (χ2v) is 3.82. The number of nitrogens with zero attached hydrogens (tertiary/aromatic N) is 1. The molecule has 4 N–H and O–H groups in total. The Bertz CT molecular complexity index is 400. The average molecular weight is 221 g/mol. The summed E-state index contributed by atoms with van der Waals surface area (Å²) >= 11 is 0. The lowest BCUT2D eigenvalue weighted by Crippen LogP contribution is -2.46. The number of carbonyl (C=O) groups excluding carboxylic acids is 1. The van der Waals surface area contributed by atoms with Gasteiger partial charge >= 0.3 is 0 Å². The van der Waals surface area contributed by atoms with E-state index in [1.807, 2.05) is 0 Å². The third-order valence-corrected chi connectivity index (χ3v) is 2.68. The molecule has 0 aromatic heterocycles. The average Bonchev–Trinajstić information content (AvgIpc) is 2.33. The van der Waals surface area contributed by atoms with Crippen molar-refractivity contribution in [3.05, 3.63) is 23.8 Å². The maximum absolute atomic E-state index is 12.0. The minimum absolute atomic E-state index is 0.0110. The molecule has 1 aliphatic heterocycles. The molecule has 1 aliphatic rings. The zero-order valence-corrected chi connectivity index (χ0v) is 8.94. The maximum Gasteiger partial charge on any atom is 0.254 e. The number of amides is 1. The van der Waals surface area contributed by atoms with Crippen LogP contribution in [0.3, 0.4) is 0 Å². The number of benzene rings is 1. The Labute approximate surface area is 93.9 Å². The smallest absolute Gasteiger partial charge is 0.254 e. The van der Waals surface area contributed by atoms with Crippen molar-refractivity contribution in [1.82, 2.24) is 10.2 Å². The van der Waals surface area contributed by atoms with Crippen LogP contribution in [-0.2, 0) is 0 Å². The lowest BCUT2D eigenvalue weighted by molar-refractivity contribution is 0.0736. The number of rotatable bonds is 1. The molecule has 0 radical (unpaired) electrons. The normalized spacial score (nSPS) is 16.1. The van der Waals surface area contributed by atoms with E-state index in [9.17, 15) is 9.90 Å². The number of hydrogen-bond acceptors (Lipinski definition) is 4. The van der Waals surface area contributed by atoms with E-state index in [1.54, 1.807) is 11.0 Å². The molecule has 1 aromatic rings. The van der Waals surface area contributed by atoms with Gasteiger partial charge in [-0.1, -0.05) is 0 Å². The Morgan fingerprint density at radius 3 is 2.69 bits per heavy atom. The molecule has 0 saturated carbocycles. The summed E-state index contributed by atoms with van der Waals surface area (Å²) in [7, 11) is 0. The van der Waals surface area contributed by atoms with E-state index in [4.69, 9.17) is 5.73 Å². The highest BCUT2D eigenvalue weighted by molar-refractivity contribution is 5.95. The topological polar surface area (TPSA) is 78.6 Å². The molecule has 86 valence electrons. The first-order valence-corrected chi connectivity index (χ1v) is 5.27. The van der Waals surface area contributed by atoms with E-state index in [0.717, 1.165) is 13.1 Å². The van der Waals surface area contributed by atoms with E-state index in [0.29, 0.717) is 18.7 Å². The van der Waals surface area contributed by atoms with Crippen LogP contribution in [0, 0.1) is 0 Å². The highest BCUT2D eigenvalue weighted by atomic mass is 16.3. The summed E-state index contributed by atoms with van der Waals surface area (Å²) < 4.78 is 0. The fourth-order valence-corrected chi connectivity index (χ4v) is 1.74. The van der Waals surface area contributed by atoms with Crippen LogP contribution in [-0.4, -0.2) is 42.1 Å². The highest BCUT2D eigenvalue weighted by Gasteiger charge is 2.18. The van der Waals surface area contributed by atoms with Gasteiger partial charge in [-0.3, -0.25) is 4.79 Å². The fourth-order valence-electron chi connectivity index (χ4n) is 1.74. The lowest BCUT2D eigenvalue weighted by atomic mass is 10.1. The summed E-state index contributed by atoms with van der Waals surface area (Å²) in [6.07, 6.45) is 0. The van der Waals surface area contributed by atoms with Crippen LogP contribution in [0.25, 0.3) is 0 Å². The van der Waals surface area contributed by atoms with Gasteiger partial charge in [0.05, 0.1) is 5.69 Å². The van der Waals surface area contributed by atoms with Gasteiger partial charge in [0.25, 0.3) is 5.91 Å². The number of aromatic hydroxyl groups is 1. The predicted molar refractivity (Wildman–Crippen MR) is 61.3 cm³/mol. The number of nitrogens with one attached hydrogen (secondary N) is 1. The molecular weight excluding hydrogens is 206 g/mol.